The summed E-state index contributed by atoms with van der Waals surface area (Å²) in [6.45, 7) is 6.29. The first-order chi connectivity index (χ1) is 9.09. The topological polar surface area (TPSA) is 26.0 Å². The third-order valence-corrected chi connectivity index (χ3v) is 4.53. The number of anilines is 1. The van der Waals surface area contributed by atoms with E-state index in [1.807, 2.05) is 12.1 Å². The van der Waals surface area contributed by atoms with Crippen molar-refractivity contribution in [2.45, 2.75) is 32.4 Å². The second-order valence-corrected chi connectivity index (χ2v) is 6.80. The molecule has 0 bridgehead atoms. The zero-order valence-corrected chi connectivity index (χ0v) is 12.3. The van der Waals surface area contributed by atoms with Crippen molar-refractivity contribution in [2.75, 3.05) is 5.73 Å². The fourth-order valence-electron chi connectivity index (χ4n) is 1.85. The molecule has 1 heterocycles. The summed E-state index contributed by atoms with van der Waals surface area (Å²) in [5.74, 6) is 0. The molecule has 0 aliphatic carbocycles. The van der Waals surface area contributed by atoms with Crippen molar-refractivity contribution in [1.29, 1.82) is 0 Å². The molecule has 0 saturated heterocycles. The summed E-state index contributed by atoms with van der Waals surface area (Å²) in [6.07, 6.45) is -4.36. The molecule has 1 aromatic carbocycles. The maximum absolute atomic E-state index is 12.6. The number of rotatable bonds is 1. The molecule has 0 aliphatic rings. The average Bonchev–Trinajstić information content (AvgIpc) is 2.76. The van der Waals surface area contributed by atoms with Crippen LogP contribution < -0.4 is 5.73 Å². The van der Waals surface area contributed by atoms with Gasteiger partial charge in [-0.25, -0.2) is 0 Å². The van der Waals surface area contributed by atoms with Gasteiger partial charge in [0, 0.05) is 21.0 Å². The zero-order chi connectivity index (χ0) is 15.1. The van der Waals surface area contributed by atoms with Crippen LogP contribution in [-0.2, 0) is 11.6 Å². The minimum absolute atomic E-state index is 0.0174. The molecule has 1 nitrogen and oxygen atoms in total. The normalized spacial score (nSPS) is 12.7. The van der Waals surface area contributed by atoms with Crippen molar-refractivity contribution in [3.05, 3.63) is 40.8 Å². The van der Waals surface area contributed by atoms with Crippen LogP contribution in [0.1, 0.15) is 31.2 Å². The van der Waals surface area contributed by atoms with Crippen LogP contribution in [0.3, 0.4) is 0 Å². The number of hydrogen-bond donors (Lipinski definition) is 1. The standard InChI is InChI=1S/C15H16F3NS/c1-14(2,3)13-7-6-12(20-13)10-5-4-9(8-11(10)19)15(16,17)18/h4-8H,19H2,1-3H3. The first-order valence-electron chi connectivity index (χ1n) is 6.16. The minimum atomic E-state index is -4.36. The lowest BCUT2D eigenvalue weighted by atomic mass is 9.95. The SMILES string of the molecule is CC(C)(C)c1ccc(-c2ccc(C(F)(F)F)cc2N)s1. The van der Waals surface area contributed by atoms with Crippen LogP contribution in [0.4, 0.5) is 18.9 Å². The van der Waals surface area contributed by atoms with Gasteiger partial charge in [0.1, 0.15) is 0 Å². The fourth-order valence-corrected chi connectivity index (χ4v) is 2.96. The summed E-state index contributed by atoms with van der Waals surface area (Å²) >= 11 is 1.56. The zero-order valence-electron chi connectivity index (χ0n) is 11.5. The molecule has 0 unspecified atom stereocenters. The van der Waals surface area contributed by atoms with E-state index in [1.54, 1.807) is 11.3 Å². The lowest BCUT2D eigenvalue weighted by molar-refractivity contribution is -0.137. The number of hydrogen-bond acceptors (Lipinski definition) is 2. The Hall–Kier alpha value is -1.49. The van der Waals surface area contributed by atoms with Gasteiger partial charge in [0.05, 0.1) is 5.56 Å². The molecule has 2 aromatic rings. The van der Waals surface area contributed by atoms with E-state index in [0.29, 0.717) is 5.56 Å². The van der Waals surface area contributed by atoms with E-state index in [1.165, 1.54) is 10.9 Å². The fraction of sp³-hybridized carbons (Fsp3) is 0.333. The highest BCUT2D eigenvalue weighted by Gasteiger charge is 2.31. The van der Waals surface area contributed by atoms with Gasteiger partial charge < -0.3 is 5.73 Å². The summed E-state index contributed by atoms with van der Waals surface area (Å²) in [5.41, 5.74) is 5.88. The summed E-state index contributed by atoms with van der Waals surface area (Å²) in [5, 5.41) is 0. The van der Waals surface area contributed by atoms with Crippen molar-refractivity contribution in [3.8, 4) is 10.4 Å². The smallest absolute Gasteiger partial charge is 0.398 e. The second-order valence-electron chi connectivity index (χ2n) is 5.71. The molecule has 0 spiro atoms. The van der Waals surface area contributed by atoms with Gasteiger partial charge in [0.15, 0.2) is 0 Å². The van der Waals surface area contributed by atoms with Crippen molar-refractivity contribution in [1.82, 2.24) is 0 Å². The number of nitrogen functional groups attached to an aromatic ring is 1. The Morgan fingerprint density at radius 2 is 1.65 bits per heavy atom. The van der Waals surface area contributed by atoms with Crippen molar-refractivity contribution < 1.29 is 13.2 Å². The number of nitrogens with two attached hydrogens (primary N) is 1. The van der Waals surface area contributed by atoms with E-state index >= 15 is 0 Å². The monoisotopic (exact) mass is 299 g/mol. The van der Waals surface area contributed by atoms with E-state index in [9.17, 15) is 13.2 Å². The largest absolute Gasteiger partial charge is 0.416 e. The molecule has 5 heteroatoms. The molecule has 0 aliphatic heterocycles. The van der Waals surface area contributed by atoms with Crippen LogP contribution in [0.2, 0.25) is 0 Å². The molecule has 108 valence electrons. The Labute approximate surface area is 120 Å². The molecule has 2 N–H and O–H groups in total. The van der Waals surface area contributed by atoms with Gasteiger partial charge in [0.2, 0.25) is 0 Å². The van der Waals surface area contributed by atoms with E-state index in [0.717, 1.165) is 17.0 Å². The lowest BCUT2D eigenvalue weighted by Gasteiger charge is -2.15. The molecule has 0 saturated carbocycles. The summed E-state index contributed by atoms with van der Waals surface area (Å²) in [7, 11) is 0. The number of alkyl halides is 3. The van der Waals surface area contributed by atoms with Gasteiger partial charge in [-0.1, -0.05) is 26.8 Å². The van der Waals surface area contributed by atoms with Crippen LogP contribution in [0.25, 0.3) is 10.4 Å². The Kier molecular flexibility index (Phi) is 3.58. The predicted octanol–water partition coefficient (Wildman–Crippen LogP) is 5.31. The third-order valence-electron chi connectivity index (χ3n) is 2.99. The van der Waals surface area contributed by atoms with Gasteiger partial charge in [0.25, 0.3) is 0 Å². The lowest BCUT2D eigenvalue weighted by Crippen LogP contribution is -2.07. The number of benzene rings is 1. The molecule has 2 rings (SSSR count). The summed E-state index contributed by atoms with van der Waals surface area (Å²) < 4.78 is 37.8. The van der Waals surface area contributed by atoms with Gasteiger partial charge >= 0.3 is 6.18 Å². The summed E-state index contributed by atoms with van der Waals surface area (Å²) in [6, 6.07) is 7.41. The van der Waals surface area contributed by atoms with Crippen molar-refractivity contribution in [3.63, 3.8) is 0 Å². The van der Waals surface area contributed by atoms with E-state index in [2.05, 4.69) is 20.8 Å². The van der Waals surface area contributed by atoms with Crippen LogP contribution in [-0.4, -0.2) is 0 Å². The Balaban J connectivity index is 2.42. The second kappa shape index (κ2) is 4.81. The Morgan fingerprint density at radius 3 is 2.10 bits per heavy atom. The molecule has 0 radical (unpaired) electrons. The quantitative estimate of drug-likeness (QED) is 0.709. The van der Waals surface area contributed by atoms with Crippen LogP contribution >= 0.6 is 11.3 Å². The van der Waals surface area contributed by atoms with Crippen molar-refractivity contribution in [2.24, 2.45) is 0 Å². The van der Waals surface area contributed by atoms with E-state index in [-0.39, 0.29) is 11.1 Å². The molecular weight excluding hydrogens is 283 g/mol. The molecule has 0 amide bonds. The number of thiophene rings is 1. The van der Waals surface area contributed by atoms with E-state index < -0.39 is 11.7 Å². The highest BCUT2D eigenvalue weighted by Crippen LogP contribution is 2.39. The highest BCUT2D eigenvalue weighted by atomic mass is 32.1. The highest BCUT2D eigenvalue weighted by molar-refractivity contribution is 7.15. The Morgan fingerprint density at radius 1 is 1.00 bits per heavy atom. The number of halogens is 3. The van der Waals surface area contributed by atoms with Gasteiger partial charge in [-0.15, -0.1) is 11.3 Å². The van der Waals surface area contributed by atoms with Crippen molar-refractivity contribution >= 4 is 17.0 Å². The first-order valence-corrected chi connectivity index (χ1v) is 6.98. The predicted molar refractivity (Wildman–Crippen MR) is 77.9 cm³/mol. The first kappa shape index (κ1) is 14.9. The molecular formula is C15H16F3NS. The van der Waals surface area contributed by atoms with Gasteiger partial charge in [-0.3, -0.25) is 0 Å². The molecule has 1 aromatic heterocycles. The summed E-state index contributed by atoms with van der Waals surface area (Å²) in [4.78, 5) is 2.06. The van der Waals surface area contributed by atoms with Crippen LogP contribution in [0.5, 0.6) is 0 Å². The molecule has 20 heavy (non-hydrogen) atoms. The maximum Gasteiger partial charge on any atom is 0.416 e. The van der Waals surface area contributed by atoms with E-state index in [4.69, 9.17) is 5.73 Å². The van der Waals surface area contributed by atoms with Gasteiger partial charge in [-0.05, 0) is 29.7 Å². The molecule has 0 fully saturated rings. The van der Waals surface area contributed by atoms with Gasteiger partial charge in [-0.2, -0.15) is 13.2 Å². The maximum atomic E-state index is 12.6. The average molecular weight is 299 g/mol. The van der Waals surface area contributed by atoms with Crippen LogP contribution in [0.15, 0.2) is 30.3 Å². The Bertz CT molecular complexity index is 621. The third kappa shape index (κ3) is 2.98. The molecule has 0 atom stereocenters. The van der Waals surface area contributed by atoms with Crippen LogP contribution in [0, 0.1) is 0 Å². The minimum Gasteiger partial charge on any atom is -0.398 e.